The smallest absolute Gasteiger partial charge is 0.193 e. The number of hydrogen-bond donors (Lipinski definition) is 0. The third-order valence-electron chi connectivity index (χ3n) is 3.18. The first-order valence-electron chi connectivity index (χ1n) is 5.54. The Morgan fingerprint density at radius 1 is 1.29 bits per heavy atom. The summed E-state index contributed by atoms with van der Waals surface area (Å²) in [5.74, 6) is 1.09. The zero-order chi connectivity index (χ0) is 11.8. The SMILES string of the molecule is CSc1cc(C2CC2c2ccc(Cl)cc2)no1. The normalized spacial score (nSPS) is 22.7. The fourth-order valence-electron chi connectivity index (χ4n) is 2.14. The fraction of sp³-hybridized carbons (Fsp3) is 0.308. The molecular weight excluding hydrogens is 254 g/mol. The number of nitrogens with zero attached hydrogens (tertiary/aromatic N) is 1. The first kappa shape index (κ1) is 11.2. The van der Waals surface area contributed by atoms with Crippen LogP contribution in [0, 0.1) is 0 Å². The second-order valence-corrected chi connectivity index (χ2v) is 5.52. The Hall–Kier alpha value is -0.930. The largest absolute Gasteiger partial charge is 0.350 e. The molecule has 0 bridgehead atoms. The first-order chi connectivity index (χ1) is 8.28. The van der Waals surface area contributed by atoms with Crippen LogP contribution in [0.15, 0.2) is 39.9 Å². The molecule has 2 aromatic rings. The average molecular weight is 266 g/mol. The maximum atomic E-state index is 5.88. The molecule has 2 unspecified atom stereocenters. The van der Waals surface area contributed by atoms with Crippen LogP contribution in [0.1, 0.15) is 29.5 Å². The van der Waals surface area contributed by atoms with Gasteiger partial charge in [0.15, 0.2) is 5.09 Å². The molecule has 0 amide bonds. The van der Waals surface area contributed by atoms with Gasteiger partial charge in [0.25, 0.3) is 0 Å². The van der Waals surface area contributed by atoms with Gasteiger partial charge in [0.2, 0.25) is 0 Å². The molecule has 1 heterocycles. The van der Waals surface area contributed by atoms with E-state index in [1.807, 2.05) is 24.5 Å². The maximum absolute atomic E-state index is 5.88. The van der Waals surface area contributed by atoms with E-state index in [4.69, 9.17) is 16.1 Å². The number of halogens is 1. The topological polar surface area (TPSA) is 26.0 Å². The Bertz CT molecular complexity index is 522. The molecule has 88 valence electrons. The van der Waals surface area contributed by atoms with Gasteiger partial charge in [0, 0.05) is 17.0 Å². The minimum absolute atomic E-state index is 0.515. The summed E-state index contributed by atoms with van der Waals surface area (Å²) < 4.78 is 5.21. The second kappa shape index (κ2) is 4.39. The standard InChI is InChI=1S/C13H12ClNOS/c1-17-13-7-12(15-16-13)11-6-10(11)8-2-4-9(14)5-3-8/h2-5,7,10-11H,6H2,1H3. The summed E-state index contributed by atoms with van der Waals surface area (Å²) in [5, 5.41) is 5.80. The summed E-state index contributed by atoms with van der Waals surface area (Å²) in [6.07, 6.45) is 3.15. The number of thioether (sulfide) groups is 1. The maximum Gasteiger partial charge on any atom is 0.193 e. The van der Waals surface area contributed by atoms with Crippen molar-refractivity contribution in [2.24, 2.45) is 0 Å². The van der Waals surface area contributed by atoms with Crippen molar-refractivity contribution in [3.63, 3.8) is 0 Å². The summed E-state index contributed by atoms with van der Waals surface area (Å²) in [6.45, 7) is 0. The van der Waals surface area contributed by atoms with E-state index in [2.05, 4.69) is 17.3 Å². The lowest BCUT2D eigenvalue weighted by Crippen LogP contribution is -1.83. The monoisotopic (exact) mass is 265 g/mol. The molecule has 1 aromatic heterocycles. The highest BCUT2D eigenvalue weighted by atomic mass is 35.5. The molecule has 17 heavy (non-hydrogen) atoms. The van der Waals surface area contributed by atoms with E-state index < -0.39 is 0 Å². The molecule has 0 aliphatic heterocycles. The molecule has 0 radical (unpaired) electrons. The Morgan fingerprint density at radius 2 is 2.06 bits per heavy atom. The zero-order valence-electron chi connectivity index (χ0n) is 9.39. The highest BCUT2D eigenvalue weighted by molar-refractivity contribution is 7.98. The Morgan fingerprint density at radius 3 is 2.71 bits per heavy atom. The van der Waals surface area contributed by atoms with Gasteiger partial charge in [-0.3, -0.25) is 0 Å². The van der Waals surface area contributed by atoms with Crippen molar-refractivity contribution < 1.29 is 4.52 Å². The predicted molar refractivity (Wildman–Crippen MR) is 69.8 cm³/mol. The van der Waals surface area contributed by atoms with Gasteiger partial charge in [-0.05, 0) is 36.3 Å². The van der Waals surface area contributed by atoms with Gasteiger partial charge in [-0.1, -0.05) is 40.7 Å². The van der Waals surface area contributed by atoms with Crippen LogP contribution in [0.25, 0.3) is 0 Å². The summed E-state index contributed by atoms with van der Waals surface area (Å²) in [5.41, 5.74) is 2.42. The van der Waals surface area contributed by atoms with Crippen molar-refractivity contribution in [1.29, 1.82) is 0 Å². The molecule has 0 N–H and O–H groups in total. The summed E-state index contributed by atoms with van der Waals surface area (Å²) in [6, 6.07) is 10.1. The average Bonchev–Trinajstić information content (AvgIpc) is 3.00. The molecule has 0 saturated heterocycles. The Kier molecular flexibility index (Phi) is 2.89. The van der Waals surface area contributed by atoms with Crippen molar-refractivity contribution in [3.05, 3.63) is 46.6 Å². The van der Waals surface area contributed by atoms with Gasteiger partial charge in [-0.25, -0.2) is 0 Å². The molecule has 2 nitrogen and oxygen atoms in total. The molecule has 2 atom stereocenters. The van der Waals surface area contributed by atoms with Crippen LogP contribution in [0.3, 0.4) is 0 Å². The van der Waals surface area contributed by atoms with Crippen molar-refractivity contribution in [2.75, 3.05) is 6.26 Å². The van der Waals surface area contributed by atoms with E-state index in [0.717, 1.165) is 22.2 Å². The van der Waals surface area contributed by atoms with Gasteiger partial charge in [0.1, 0.15) is 0 Å². The van der Waals surface area contributed by atoms with Crippen LogP contribution in [0.4, 0.5) is 0 Å². The van der Waals surface area contributed by atoms with Crippen LogP contribution < -0.4 is 0 Å². The van der Waals surface area contributed by atoms with Crippen molar-refractivity contribution in [2.45, 2.75) is 23.3 Å². The lowest BCUT2D eigenvalue weighted by atomic mass is 10.1. The van der Waals surface area contributed by atoms with Gasteiger partial charge >= 0.3 is 0 Å². The van der Waals surface area contributed by atoms with E-state index in [0.29, 0.717) is 11.8 Å². The quantitative estimate of drug-likeness (QED) is 0.773. The molecule has 1 aliphatic rings. The summed E-state index contributed by atoms with van der Waals surface area (Å²) in [7, 11) is 0. The number of hydrogen-bond acceptors (Lipinski definition) is 3. The third kappa shape index (κ3) is 2.22. The van der Waals surface area contributed by atoms with E-state index in [1.165, 1.54) is 5.56 Å². The molecule has 3 rings (SSSR count). The first-order valence-corrected chi connectivity index (χ1v) is 7.14. The van der Waals surface area contributed by atoms with Crippen LogP contribution in [-0.2, 0) is 0 Å². The van der Waals surface area contributed by atoms with Gasteiger partial charge in [-0.15, -0.1) is 0 Å². The predicted octanol–water partition coefficient (Wildman–Crippen LogP) is 4.32. The molecule has 1 aliphatic carbocycles. The van der Waals surface area contributed by atoms with Gasteiger partial charge < -0.3 is 4.52 Å². The van der Waals surface area contributed by atoms with Crippen LogP contribution in [-0.4, -0.2) is 11.4 Å². The van der Waals surface area contributed by atoms with Crippen molar-refractivity contribution >= 4 is 23.4 Å². The van der Waals surface area contributed by atoms with E-state index in [9.17, 15) is 0 Å². The Balaban J connectivity index is 1.75. The van der Waals surface area contributed by atoms with Crippen LogP contribution in [0.5, 0.6) is 0 Å². The summed E-state index contributed by atoms with van der Waals surface area (Å²) in [4.78, 5) is 0. The van der Waals surface area contributed by atoms with Crippen molar-refractivity contribution in [1.82, 2.24) is 5.16 Å². The van der Waals surface area contributed by atoms with E-state index in [-0.39, 0.29) is 0 Å². The molecule has 0 spiro atoms. The number of benzene rings is 1. The molecule has 1 saturated carbocycles. The summed E-state index contributed by atoms with van der Waals surface area (Å²) >= 11 is 7.47. The minimum Gasteiger partial charge on any atom is -0.350 e. The van der Waals surface area contributed by atoms with E-state index >= 15 is 0 Å². The number of rotatable bonds is 3. The zero-order valence-corrected chi connectivity index (χ0v) is 11.0. The van der Waals surface area contributed by atoms with Gasteiger partial charge in [0.05, 0.1) is 5.69 Å². The molecule has 1 aromatic carbocycles. The van der Waals surface area contributed by atoms with Crippen molar-refractivity contribution in [3.8, 4) is 0 Å². The highest BCUT2D eigenvalue weighted by Crippen LogP contribution is 2.54. The van der Waals surface area contributed by atoms with E-state index in [1.54, 1.807) is 11.8 Å². The fourth-order valence-corrected chi connectivity index (χ4v) is 2.62. The highest BCUT2D eigenvalue weighted by Gasteiger charge is 2.41. The minimum atomic E-state index is 0.515. The molecule has 1 fully saturated rings. The van der Waals surface area contributed by atoms with Crippen LogP contribution in [0.2, 0.25) is 5.02 Å². The lowest BCUT2D eigenvalue weighted by molar-refractivity contribution is 0.345. The molecule has 4 heteroatoms. The third-order valence-corrected chi connectivity index (χ3v) is 4.02. The van der Waals surface area contributed by atoms with Crippen LogP contribution >= 0.6 is 23.4 Å². The lowest BCUT2D eigenvalue weighted by Gasteiger charge is -1.98. The second-order valence-electron chi connectivity index (χ2n) is 4.28. The molecular formula is C13H12ClNOS. The van der Waals surface area contributed by atoms with Gasteiger partial charge in [-0.2, -0.15) is 0 Å². The number of aromatic nitrogens is 1. The Labute approximate surface area is 109 Å².